The highest BCUT2D eigenvalue weighted by Gasteiger charge is 2.35. The number of hydrogen-bond acceptors (Lipinski definition) is 7. The van der Waals surface area contributed by atoms with Gasteiger partial charge >= 0.3 is 5.97 Å². The summed E-state index contributed by atoms with van der Waals surface area (Å²) in [4.78, 5) is 25.0. The number of benzene rings is 1. The van der Waals surface area contributed by atoms with Gasteiger partial charge < -0.3 is 18.3 Å². The van der Waals surface area contributed by atoms with Crippen molar-refractivity contribution in [3.63, 3.8) is 0 Å². The second-order valence-corrected chi connectivity index (χ2v) is 6.72. The van der Waals surface area contributed by atoms with E-state index in [0.717, 1.165) is 17.0 Å². The molecule has 0 N–H and O–H groups in total. The fourth-order valence-corrected chi connectivity index (χ4v) is 3.27. The number of carbonyl (C=O) groups is 2. The summed E-state index contributed by atoms with van der Waals surface area (Å²) in [6.07, 6.45) is 3.41. The van der Waals surface area contributed by atoms with E-state index in [1.807, 2.05) is 24.3 Å². The van der Waals surface area contributed by atoms with Crippen LogP contribution in [-0.2, 0) is 9.53 Å². The van der Waals surface area contributed by atoms with Crippen molar-refractivity contribution in [2.75, 3.05) is 13.7 Å². The molecule has 8 heteroatoms. The summed E-state index contributed by atoms with van der Waals surface area (Å²) in [6.45, 7) is 1.21. The number of esters is 1. The van der Waals surface area contributed by atoms with E-state index in [1.165, 1.54) is 17.3 Å². The van der Waals surface area contributed by atoms with Gasteiger partial charge in [0.2, 0.25) is 0 Å². The Balaban J connectivity index is 1.52. The van der Waals surface area contributed by atoms with Crippen molar-refractivity contribution in [3.05, 3.63) is 77.6 Å². The highest BCUT2D eigenvalue weighted by atomic mass is 16.5. The number of nitrogens with zero attached hydrogens (tertiary/aromatic N) is 2. The third kappa shape index (κ3) is 3.84. The molecule has 0 aliphatic carbocycles. The molecule has 0 unspecified atom stereocenters. The first-order chi connectivity index (χ1) is 14.6. The summed E-state index contributed by atoms with van der Waals surface area (Å²) in [7, 11) is 1.60. The second-order valence-electron chi connectivity index (χ2n) is 6.72. The van der Waals surface area contributed by atoms with E-state index in [-0.39, 0.29) is 5.56 Å². The van der Waals surface area contributed by atoms with Crippen LogP contribution in [0.5, 0.6) is 5.75 Å². The molecule has 0 saturated carbocycles. The lowest BCUT2D eigenvalue weighted by Crippen LogP contribution is -2.31. The Morgan fingerprint density at radius 1 is 1.13 bits per heavy atom. The van der Waals surface area contributed by atoms with Crippen molar-refractivity contribution in [1.29, 1.82) is 0 Å². The van der Waals surface area contributed by atoms with Crippen molar-refractivity contribution < 1.29 is 27.9 Å². The van der Waals surface area contributed by atoms with Gasteiger partial charge in [-0.3, -0.25) is 4.79 Å². The SMILES string of the molecule is COc1ccc(C2=NN(C(=O)COC(=O)c3ccoc3C)[C@@H](c3ccco3)C2)cc1. The number of furan rings is 2. The minimum absolute atomic E-state index is 0.286. The van der Waals surface area contributed by atoms with E-state index in [0.29, 0.717) is 17.9 Å². The molecule has 8 nitrogen and oxygen atoms in total. The zero-order chi connectivity index (χ0) is 21.1. The zero-order valence-electron chi connectivity index (χ0n) is 16.5. The average molecular weight is 408 g/mol. The molecular formula is C22H20N2O6. The van der Waals surface area contributed by atoms with Gasteiger partial charge in [0.1, 0.15) is 28.9 Å². The van der Waals surface area contributed by atoms with Crippen LogP contribution in [0.2, 0.25) is 0 Å². The normalized spacial score (nSPS) is 15.7. The van der Waals surface area contributed by atoms with Crippen LogP contribution in [0.15, 0.2) is 68.9 Å². The van der Waals surface area contributed by atoms with Crippen LogP contribution < -0.4 is 4.74 Å². The molecule has 2 aromatic heterocycles. The zero-order valence-corrected chi connectivity index (χ0v) is 16.5. The van der Waals surface area contributed by atoms with E-state index in [1.54, 1.807) is 32.4 Å². The summed E-state index contributed by atoms with van der Waals surface area (Å²) >= 11 is 0. The van der Waals surface area contributed by atoms with E-state index in [2.05, 4.69) is 5.10 Å². The van der Waals surface area contributed by atoms with Gasteiger partial charge in [-0.1, -0.05) is 0 Å². The molecule has 1 atom stereocenters. The average Bonchev–Trinajstić information content (AvgIpc) is 3.51. The molecule has 1 aromatic carbocycles. The maximum absolute atomic E-state index is 12.8. The largest absolute Gasteiger partial charge is 0.497 e. The van der Waals surface area contributed by atoms with Gasteiger partial charge in [-0.2, -0.15) is 5.10 Å². The molecule has 1 amide bonds. The standard InChI is InChI=1S/C22H20N2O6/c1-14-17(9-11-28-14)22(26)30-13-21(25)24-19(20-4-3-10-29-20)12-18(23-24)15-5-7-16(27-2)8-6-15/h3-11,19H,12-13H2,1-2H3/t19-/m1/s1. The lowest BCUT2D eigenvalue weighted by Gasteiger charge is -2.19. The molecule has 3 aromatic rings. The molecular weight excluding hydrogens is 388 g/mol. The number of rotatable bonds is 6. The van der Waals surface area contributed by atoms with E-state index < -0.39 is 24.5 Å². The minimum atomic E-state index is -0.622. The van der Waals surface area contributed by atoms with E-state index >= 15 is 0 Å². The Morgan fingerprint density at radius 3 is 2.57 bits per heavy atom. The first kappa shape index (κ1) is 19.5. The van der Waals surface area contributed by atoms with Gasteiger partial charge in [0.05, 0.1) is 25.3 Å². The Kier molecular flexibility index (Phi) is 5.38. The number of amides is 1. The first-order valence-corrected chi connectivity index (χ1v) is 9.35. The van der Waals surface area contributed by atoms with Gasteiger partial charge in [0.15, 0.2) is 6.61 Å². The van der Waals surface area contributed by atoms with E-state index in [4.69, 9.17) is 18.3 Å². The minimum Gasteiger partial charge on any atom is -0.497 e. The number of methoxy groups -OCH3 is 1. The summed E-state index contributed by atoms with van der Waals surface area (Å²) < 4.78 is 21.0. The van der Waals surface area contributed by atoms with Crippen LogP contribution in [0.1, 0.15) is 39.9 Å². The van der Waals surface area contributed by atoms with Gasteiger partial charge in [0.25, 0.3) is 5.91 Å². The van der Waals surface area contributed by atoms with Crippen LogP contribution in [0.25, 0.3) is 0 Å². The lowest BCUT2D eigenvalue weighted by atomic mass is 10.0. The van der Waals surface area contributed by atoms with Crippen LogP contribution in [0.4, 0.5) is 0 Å². The van der Waals surface area contributed by atoms with Crippen LogP contribution >= 0.6 is 0 Å². The maximum Gasteiger partial charge on any atom is 0.342 e. The van der Waals surface area contributed by atoms with Crippen molar-refractivity contribution >= 4 is 17.6 Å². The Bertz CT molecular complexity index is 1070. The molecule has 30 heavy (non-hydrogen) atoms. The number of carbonyl (C=O) groups excluding carboxylic acids is 2. The van der Waals surface area contributed by atoms with Gasteiger partial charge in [-0.25, -0.2) is 9.80 Å². The second kappa shape index (κ2) is 8.28. The van der Waals surface area contributed by atoms with Crippen molar-refractivity contribution in [1.82, 2.24) is 5.01 Å². The van der Waals surface area contributed by atoms with Crippen LogP contribution in [0, 0.1) is 6.92 Å². The maximum atomic E-state index is 12.8. The lowest BCUT2D eigenvalue weighted by molar-refractivity contribution is -0.136. The summed E-state index contributed by atoms with van der Waals surface area (Å²) in [5, 5.41) is 5.81. The number of ether oxygens (including phenoxy) is 2. The van der Waals surface area contributed by atoms with Crippen molar-refractivity contribution in [2.45, 2.75) is 19.4 Å². The van der Waals surface area contributed by atoms with Crippen molar-refractivity contribution in [3.8, 4) is 5.75 Å². The highest BCUT2D eigenvalue weighted by Crippen LogP contribution is 2.33. The molecule has 0 bridgehead atoms. The Morgan fingerprint density at radius 2 is 1.93 bits per heavy atom. The van der Waals surface area contributed by atoms with Gasteiger partial charge in [0, 0.05) is 6.42 Å². The summed E-state index contributed by atoms with van der Waals surface area (Å²) in [6, 6.07) is 12.1. The molecule has 0 saturated heterocycles. The molecule has 0 radical (unpaired) electrons. The quantitative estimate of drug-likeness (QED) is 0.577. The third-order valence-corrected chi connectivity index (χ3v) is 4.87. The predicted octanol–water partition coefficient (Wildman–Crippen LogP) is 3.72. The van der Waals surface area contributed by atoms with Gasteiger partial charge in [-0.15, -0.1) is 0 Å². The molecule has 0 fully saturated rings. The predicted molar refractivity (Wildman–Crippen MR) is 106 cm³/mol. The molecule has 0 spiro atoms. The smallest absolute Gasteiger partial charge is 0.342 e. The monoisotopic (exact) mass is 408 g/mol. The first-order valence-electron chi connectivity index (χ1n) is 9.35. The van der Waals surface area contributed by atoms with Crippen LogP contribution in [-0.4, -0.2) is 36.3 Å². The molecule has 1 aliphatic heterocycles. The number of hydrogen-bond donors (Lipinski definition) is 0. The third-order valence-electron chi connectivity index (χ3n) is 4.87. The topological polar surface area (TPSA) is 94.5 Å². The fraction of sp³-hybridized carbons (Fsp3) is 0.227. The Labute approximate surface area is 172 Å². The van der Waals surface area contributed by atoms with Gasteiger partial charge in [-0.05, 0) is 55.0 Å². The summed E-state index contributed by atoms with van der Waals surface area (Å²) in [5.41, 5.74) is 1.88. The Hall–Kier alpha value is -3.81. The number of hydrazone groups is 1. The fourth-order valence-electron chi connectivity index (χ4n) is 3.27. The van der Waals surface area contributed by atoms with Crippen molar-refractivity contribution in [2.24, 2.45) is 5.10 Å². The van der Waals surface area contributed by atoms with E-state index in [9.17, 15) is 9.59 Å². The highest BCUT2D eigenvalue weighted by molar-refractivity contribution is 6.03. The molecule has 4 rings (SSSR count). The molecule has 1 aliphatic rings. The van der Waals surface area contributed by atoms with Crippen LogP contribution in [0.3, 0.4) is 0 Å². The molecule has 154 valence electrons. The summed E-state index contributed by atoms with van der Waals surface area (Å²) in [5.74, 6) is 0.695. The number of aryl methyl sites for hydroxylation is 1. The molecule has 3 heterocycles.